The maximum Gasteiger partial charge on any atom is 0.223 e. The highest BCUT2D eigenvalue weighted by atomic mass is 35.5. The van der Waals surface area contributed by atoms with Gasteiger partial charge in [0.15, 0.2) is 5.03 Å². The van der Waals surface area contributed by atoms with Crippen molar-refractivity contribution >= 4 is 21.4 Å². The van der Waals surface area contributed by atoms with E-state index in [1.54, 1.807) is 24.4 Å². The van der Waals surface area contributed by atoms with E-state index in [2.05, 4.69) is 10.9 Å². The summed E-state index contributed by atoms with van der Waals surface area (Å²) in [6.07, 6.45) is 4.70. The Morgan fingerprint density at radius 2 is 1.81 bits per heavy atom. The Labute approximate surface area is 98.5 Å². The van der Waals surface area contributed by atoms with Gasteiger partial charge in [0.1, 0.15) is 0 Å². The standard InChI is InChI=1S/C10H9ClN2O2S/c11-8-3-5-9(6-4-8)16(14,15)10-2-1-7-12-13-10/h1-7,12-13H. The summed E-state index contributed by atoms with van der Waals surface area (Å²) in [6.45, 7) is 0. The number of hydrazine groups is 1. The van der Waals surface area contributed by atoms with Gasteiger partial charge in [0.25, 0.3) is 0 Å². The molecule has 1 aliphatic heterocycles. The first-order valence-electron chi connectivity index (χ1n) is 4.50. The van der Waals surface area contributed by atoms with Gasteiger partial charge in [-0.15, -0.1) is 0 Å². The Morgan fingerprint density at radius 3 is 2.38 bits per heavy atom. The third-order valence-corrected chi connectivity index (χ3v) is 4.00. The van der Waals surface area contributed by atoms with E-state index in [9.17, 15) is 8.42 Å². The molecule has 0 aromatic heterocycles. The van der Waals surface area contributed by atoms with Crippen LogP contribution in [0.4, 0.5) is 0 Å². The fraction of sp³-hybridized carbons (Fsp3) is 0. The molecule has 0 fully saturated rings. The molecule has 0 amide bonds. The molecule has 0 spiro atoms. The van der Waals surface area contributed by atoms with Crippen LogP contribution in [0.15, 0.2) is 52.5 Å². The summed E-state index contributed by atoms with van der Waals surface area (Å²) in [5.74, 6) is 0. The van der Waals surface area contributed by atoms with Gasteiger partial charge in [0.05, 0.1) is 4.90 Å². The van der Waals surface area contributed by atoms with Crippen molar-refractivity contribution in [1.82, 2.24) is 10.9 Å². The molecule has 84 valence electrons. The molecule has 2 N–H and O–H groups in total. The van der Waals surface area contributed by atoms with Crippen LogP contribution in [-0.4, -0.2) is 8.42 Å². The Kier molecular flexibility index (Phi) is 2.89. The van der Waals surface area contributed by atoms with E-state index < -0.39 is 9.84 Å². The van der Waals surface area contributed by atoms with Crippen molar-refractivity contribution in [3.63, 3.8) is 0 Å². The Balaban J connectivity index is 2.42. The molecule has 2 rings (SSSR count). The van der Waals surface area contributed by atoms with Gasteiger partial charge < -0.3 is 5.43 Å². The normalized spacial score (nSPS) is 14.9. The number of rotatable bonds is 2. The number of nitrogens with one attached hydrogen (secondary N) is 2. The van der Waals surface area contributed by atoms with E-state index in [1.807, 2.05) is 0 Å². The number of benzene rings is 1. The van der Waals surface area contributed by atoms with Crippen LogP contribution in [0.25, 0.3) is 0 Å². The topological polar surface area (TPSA) is 58.2 Å². The van der Waals surface area contributed by atoms with Crippen LogP contribution < -0.4 is 10.9 Å². The maximum atomic E-state index is 12.1. The molecule has 0 atom stereocenters. The molecule has 1 aromatic rings. The van der Waals surface area contributed by atoms with Crippen molar-refractivity contribution in [1.29, 1.82) is 0 Å². The first-order chi connectivity index (χ1) is 7.60. The van der Waals surface area contributed by atoms with Crippen molar-refractivity contribution in [3.8, 4) is 0 Å². The summed E-state index contributed by atoms with van der Waals surface area (Å²) in [5.41, 5.74) is 5.19. The zero-order valence-corrected chi connectivity index (χ0v) is 9.72. The Hall–Kier alpha value is -1.46. The van der Waals surface area contributed by atoms with Gasteiger partial charge in [-0.25, -0.2) is 8.42 Å². The highest BCUT2D eigenvalue weighted by molar-refractivity contribution is 7.95. The second kappa shape index (κ2) is 4.19. The lowest BCUT2D eigenvalue weighted by molar-refractivity contribution is 0.593. The van der Waals surface area contributed by atoms with Gasteiger partial charge in [-0.2, -0.15) is 0 Å². The molecule has 0 unspecified atom stereocenters. The Morgan fingerprint density at radius 1 is 1.12 bits per heavy atom. The molecule has 1 aromatic carbocycles. The fourth-order valence-corrected chi connectivity index (χ4v) is 2.56. The van der Waals surface area contributed by atoms with E-state index in [0.717, 1.165) is 0 Å². The van der Waals surface area contributed by atoms with E-state index in [4.69, 9.17) is 11.6 Å². The fourth-order valence-electron chi connectivity index (χ4n) is 1.24. The van der Waals surface area contributed by atoms with Crippen LogP contribution >= 0.6 is 11.6 Å². The molecule has 0 aliphatic carbocycles. The van der Waals surface area contributed by atoms with E-state index in [1.165, 1.54) is 18.2 Å². The highest BCUT2D eigenvalue weighted by Gasteiger charge is 2.20. The third kappa shape index (κ3) is 2.05. The van der Waals surface area contributed by atoms with Crippen LogP contribution in [0.2, 0.25) is 5.02 Å². The van der Waals surface area contributed by atoms with Crippen LogP contribution in [0.5, 0.6) is 0 Å². The van der Waals surface area contributed by atoms with Gasteiger partial charge in [0, 0.05) is 11.2 Å². The quantitative estimate of drug-likeness (QED) is 0.844. The number of hydrogen-bond donors (Lipinski definition) is 2. The summed E-state index contributed by atoms with van der Waals surface area (Å²) in [4.78, 5) is 0.202. The van der Waals surface area contributed by atoms with Crippen molar-refractivity contribution in [3.05, 3.63) is 52.7 Å². The molecule has 0 bridgehead atoms. The second-order valence-electron chi connectivity index (χ2n) is 3.12. The Bertz CT molecular complexity index is 547. The lowest BCUT2D eigenvalue weighted by atomic mass is 10.4. The molecule has 6 heteroatoms. The lowest BCUT2D eigenvalue weighted by Gasteiger charge is -2.13. The van der Waals surface area contributed by atoms with Gasteiger partial charge in [-0.05, 0) is 36.4 Å². The monoisotopic (exact) mass is 256 g/mol. The SMILES string of the molecule is O=S(=O)(C1=CC=CNN1)c1ccc(Cl)cc1. The molecule has 0 saturated heterocycles. The minimum Gasteiger partial charge on any atom is -0.308 e. The number of hydrogen-bond acceptors (Lipinski definition) is 4. The van der Waals surface area contributed by atoms with Gasteiger partial charge in [0.2, 0.25) is 9.84 Å². The lowest BCUT2D eigenvalue weighted by Crippen LogP contribution is -2.32. The predicted octanol–water partition coefficient (Wildman–Crippen LogP) is 1.58. The van der Waals surface area contributed by atoms with Crippen molar-refractivity contribution in [2.75, 3.05) is 0 Å². The molecule has 1 aliphatic rings. The van der Waals surface area contributed by atoms with Gasteiger partial charge in [-0.3, -0.25) is 5.43 Å². The van der Waals surface area contributed by atoms with Gasteiger partial charge in [-0.1, -0.05) is 11.6 Å². The van der Waals surface area contributed by atoms with Crippen LogP contribution in [0.1, 0.15) is 0 Å². The molecular formula is C10H9ClN2O2S. The van der Waals surface area contributed by atoms with Crippen molar-refractivity contribution in [2.45, 2.75) is 4.90 Å². The first-order valence-corrected chi connectivity index (χ1v) is 6.36. The van der Waals surface area contributed by atoms with Crippen LogP contribution in [0.3, 0.4) is 0 Å². The highest BCUT2D eigenvalue weighted by Crippen LogP contribution is 2.20. The van der Waals surface area contributed by atoms with Crippen molar-refractivity contribution in [2.24, 2.45) is 0 Å². The molecular weight excluding hydrogens is 248 g/mol. The minimum atomic E-state index is -3.50. The zero-order chi connectivity index (χ0) is 11.6. The van der Waals surface area contributed by atoms with E-state index >= 15 is 0 Å². The van der Waals surface area contributed by atoms with Crippen LogP contribution in [-0.2, 0) is 9.84 Å². The smallest absolute Gasteiger partial charge is 0.223 e. The summed E-state index contributed by atoms with van der Waals surface area (Å²) in [7, 11) is -3.50. The molecule has 4 nitrogen and oxygen atoms in total. The average Bonchev–Trinajstić information content (AvgIpc) is 2.31. The summed E-state index contributed by atoms with van der Waals surface area (Å²) in [5, 5.41) is 0.611. The molecule has 1 heterocycles. The predicted molar refractivity (Wildman–Crippen MR) is 62.1 cm³/mol. The zero-order valence-electron chi connectivity index (χ0n) is 8.14. The van der Waals surface area contributed by atoms with Crippen LogP contribution in [0, 0.1) is 0 Å². The molecule has 0 radical (unpaired) electrons. The maximum absolute atomic E-state index is 12.1. The average molecular weight is 257 g/mol. The summed E-state index contributed by atoms with van der Waals surface area (Å²) < 4.78 is 24.1. The van der Waals surface area contributed by atoms with Crippen molar-refractivity contribution < 1.29 is 8.42 Å². The first kappa shape index (κ1) is 11.0. The molecule has 0 saturated carbocycles. The van der Waals surface area contributed by atoms with Gasteiger partial charge >= 0.3 is 0 Å². The second-order valence-corrected chi connectivity index (χ2v) is 5.47. The number of halogens is 1. The summed E-state index contributed by atoms with van der Waals surface area (Å²) >= 11 is 5.70. The minimum absolute atomic E-state index is 0.109. The van der Waals surface area contributed by atoms with E-state index in [-0.39, 0.29) is 9.92 Å². The third-order valence-electron chi connectivity index (χ3n) is 2.04. The number of sulfone groups is 1. The largest absolute Gasteiger partial charge is 0.308 e. The van der Waals surface area contributed by atoms with E-state index in [0.29, 0.717) is 5.02 Å². The molecule has 16 heavy (non-hydrogen) atoms. The number of allylic oxidation sites excluding steroid dienone is 2. The summed E-state index contributed by atoms with van der Waals surface area (Å²) in [6, 6.07) is 6.03.